The van der Waals surface area contributed by atoms with E-state index in [2.05, 4.69) is 24.2 Å². The minimum atomic E-state index is 0.307. The second-order valence-corrected chi connectivity index (χ2v) is 6.14. The van der Waals surface area contributed by atoms with Crippen molar-refractivity contribution in [2.24, 2.45) is 5.41 Å². The van der Waals surface area contributed by atoms with E-state index in [9.17, 15) is 0 Å². The Labute approximate surface area is 117 Å². The maximum absolute atomic E-state index is 5.81. The molecule has 0 radical (unpaired) electrons. The van der Waals surface area contributed by atoms with E-state index in [0.29, 0.717) is 11.5 Å². The number of nitrogens with one attached hydrogen (secondary N) is 1. The third-order valence-electron chi connectivity index (χ3n) is 4.38. The summed E-state index contributed by atoms with van der Waals surface area (Å²) in [7, 11) is 2.05. The van der Waals surface area contributed by atoms with Gasteiger partial charge >= 0.3 is 0 Å². The normalized spacial score (nSPS) is 33.5. The van der Waals surface area contributed by atoms with Crippen LogP contribution in [0.5, 0.6) is 0 Å². The Morgan fingerprint density at radius 2 is 2.32 bits per heavy atom. The molecule has 2 atom stereocenters. The van der Waals surface area contributed by atoms with Crippen molar-refractivity contribution in [2.75, 3.05) is 53.0 Å². The highest BCUT2D eigenvalue weighted by Gasteiger charge is 2.35. The van der Waals surface area contributed by atoms with Crippen LogP contribution >= 0.6 is 0 Å². The molecular weight excluding hydrogens is 240 g/mol. The van der Waals surface area contributed by atoms with Crippen LogP contribution in [0.25, 0.3) is 0 Å². The van der Waals surface area contributed by atoms with Gasteiger partial charge in [-0.1, -0.05) is 0 Å². The zero-order valence-electron chi connectivity index (χ0n) is 12.6. The average Bonchev–Trinajstić information content (AvgIpc) is 2.41. The van der Waals surface area contributed by atoms with E-state index in [1.165, 1.54) is 32.2 Å². The van der Waals surface area contributed by atoms with Gasteiger partial charge in [0.25, 0.3) is 0 Å². The first-order valence-corrected chi connectivity index (χ1v) is 7.84. The number of likely N-dealkylation sites (tertiary alicyclic amines) is 1. The molecule has 4 heteroatoms. The van der Waals surface area contributed by atoms with Gasteiger partial charge in [-0.05, 0) is 46.2 Å². The van der Waals surface area contributed by atoms with Gasteiger partial charge in [-0.15, -0.1) is 0 Å². The zero-order chi connectivity index (χ0) is 13.6. The SMILES string of the molecule is CCOC1CCCN(CC2(CNC)CCCOC2)C1. The summed E-state index contributed by atoms with van der Waals surface area (Å²) in [5.41, 5.74) is 0.307. The molecule has 0 saturated carbocycles. The summed E-state index contributed by atoms with van der Waals surface area (Å²) in [6, 6.07) is 0. The lowest BCUT2D eigenvalue weighted by Gasteiger charge is -2.43. The van der Waals surface area contributed by atoms with Crippen LogP contribution < -0.4 is 5.32 Å². The molecule has 2 fully saturated rings. The molecule has 2 saturated heterocycles. The van der Waals surface area contributed by atoms with Crippen LogP contribution in [0.15, 0.2) is 0 Å². The monoisotopic (exact) mass is 270 g/mol. The molecule has 112 valence electrons. The van der Waals surface area contributed by atoms with Crippen LogP contribution in [-0.4, -0.2) is 64.1 Å². The summed E-state index contributed by atoms with van der Waals surface area (Å²) in [6.45, 7) is 9.30. The van der Waals surface area contributed by atoms with E-state index in [1.54, 1.807) is 0 Å². The van der Waals surface area contributed by atoms with Gasteiger partial charge in [0.1, 0.15) is 0 Å². The van der Waals surface area contributed by atoms with E-state index in [0.717, 1.165) is 39.5 Å². The van der Waals surface area contributed by atoms with Gasteiger partial charge in [0, 0.05) is 38.3 Å². The molecule has 2 rings (SSSR count). The Morgan fingerprint density at radius 1 is 1.42 bits per heavy atom. The molecule has 2 heterocycles. The van der Waals surface area contributed by atoms with Crippen molar-refractivity contribution in [1.82, 2.24) is 10.2 Å². The molecule has 1 N–H and O–H groups in total. The number of hydrogen-bond acceptors (Lipinski definition) is 4. The molecule has 0 aromatic heterocycles. The Bertz CT molecular complexity index is 247. The highest BCUT2D eigenvalue weighted by atomic mass is 16.5. The molecule has 0 aliphatic carbocycles. The van der Waals surface area contributed by atoms with E-state index in [-0.39, 0.29) is 0 Å². The summed E-state index contributed by atoms with van der Waals surface area (Å²) in [5.74, 6) is 0. The molecule has 0 spiro atoms. The van der Waals surface area contributed by atoms with Crippen molar-refractivity contribution in [3.63, 3.8) is 0 Å². The first-order chi connectivity index (χ1) is 9.28. The quantitative estimate of drug-likeness (QED) is 0.793. The van der Waals surface area contributed by atoms with Crippen LogP contribution in [0.4, 0.5) is 0 Å². The second-order valence-electron chi connectivity index (χ2n) is 6.14. The number of piperidine rings is 1. The molecule has 2 aliphatic heterocycles. The van der Waals surface area contributed by atoms with Crippen LogP contribution in [-0.2, 0) is 9.47 Å². The highest BCUT2D eigenvalue weighted by molar-refractivity contribution is 4.88. The van der Waals surface area contributed by atoms with E-state index in [4.69, 9.17) is 9.47 Å². The van der Waals surface area contributed by atoms with Crippen molar-refractivity contribution >= 4 is 0 Å². The lowest BCUT2D eigenvalue weighted by atomic mass is 9.81. The summed E-state index contributed by atoms with van der Waals surface area (Å²) >= 11 is 0. The summed E-state index contributed by atoms with van der Waals surface area (Å²) in [4.78, 5) is 2.59. The predicted molar refractivity (Wildman–Crippen MR) is 77.5 cm³/mol. The number of ether oxygens (including phenoxy) is 2. The maximum atomic E-state index is 5.81. The third-order valence-corrected chi connectivity index (χ3v) is 4.38. The van der Waals surface area contributed by atoms with Gasteiger partial charge in [0.15, 0.2) is 0 Å². The van der Waals surface area contributed by atoms with Gasteiger partial charge in [-0.2, -0.15) is 0 Å². The van der Waals surface area contributed by atoms with Crippen molar-refractivity contribution in [3.8, 4) is 0 Å². The summed E-state index contributed by atoms with van der Waals surface area (Å²) < 4.78 is 11.6. The molecule has 4 nitrogen and oxygen atoms in total. The van der Waals surface area contributed by atoms with Crippen molar-refractivity contribution in [2.45, 2.75) is 38.7 Å². The fourth-order valence-electron chi connectivity index (χ4n) is 3.61. The van der Waals surface area contributed by atoms with Gasteiger partial charge in [0.2, 0.25) is 0 Å². The fraction of sp³-hybridized carbons (Fsp3) is 1.00. The number of nitrogens with zero attached hydrogens (tertiary/aromatic N) is 1. The van der Waals surface area contributed by atoms with Crippen LogP contribution in [0.2, 0.25) is 0 Å². The first-order valence-electron chi connectivity index (χ1n) is 7.84. The zero-order valence-corrected chi connectivity index (χ0v) is 12.6. The van der Waals surface area contributed by atoms with Gasteiger partial charge in [0.05, 0.1) is 12.7 Å². The fourth-order valence-corrected chi connectivity index (χ4v) is 3.61. The number of rotatable bonds is 6. The Kier molecular flexibility index (Phi) is 6.07. The van der Waals surface area contributed by atoms with E-state index < -0.39 is 0 Å². The largest absolute Gasteiger partial charge is 0.381 e. The third kappa shape index (κ3) is 4.42. The Balaban J connectivity index is 1.88. The minimum absolute atomic E-state index is 0.307. The van der Waals surface area contributed by atoms with Crippen molar-refractivity contribution in [1.29, 1.82) is 0 Å². The molecule has 0 aromatic rings. The second kappa shape index (κ2) is 7.58. The molecule has 0 bridgehead atoms. The summed E-state index contributed by atoms with van der Waals surface area (Å²) in [6.07, 6.45) is 5.41. The van der Waals surface area contributed by atoms with Crippen molar-refractivity contribution < 1.29 is 9.47 Å². The average molecular weight is 270 g/mol. The van der Waals surface area contributed by atoms with E-state index >= 15 is 0 Å². The standard InChI is InChI=1S/C15H30N2O2/c1-3-19-14-6-4-8-17(10-14)12-15(11-16-2)7-5-9-18-13-15/h14,16H,3-13H2,1-2H3. The molecular formula is C15H30N2O2. The lowest BCUT2D eigenvalue weighted by Crippen LogP contribution is -2.51. The molecule has 0 aromatic carbocycles. The topological polar surface area (TPSA) is 33.7 Å². The molecule has 2 aliphatic rings. The number of hydrogen-bond donors (Lipinski definition) is 1. The molecule has 19 heavy (non-hydrogen) atoms. The van der Waals surface area contributed by atoms with Crippen LogP contribution in [0, 0.1) is 5.41 Å². The highest BCUT2D eigenvalue weighted by Crippen LogP contribution is 2.30. The van der Waals surface area contributed by atoms with Gasteiger partial charge in [-0.25, -0.2) is 0 Å². The Hall–Kier alpha value is -0.160. The molecule has 0 amide bonds. The Morgan fingerprint density at radius 3 is 3.00 bits per heavy atom. The maximum Gasteiger partial charge on any atom is 0.0702 e. The van der Waals surface area contributed by atoms with Crippen LogP contribution in [0.3, 0.4) is 0 Å². The first kappa shape index (κ1) is 15.2. The van der Waals surface area contributed by atoms with Crippen molar-refractivity contribution in [3.05, 3.63) is 0 Å². The lowest BCUT2D eigenvalue weighted by molar-refractivity contribution is -0.0482. The van der Waals surface area contributed by atoms with Crippen LogP contribution in [0.1, 0.15) is 32.6 Å². The summed E-state index contributed by atoms with van der Waals surface area (Å²) in [5, 5.41) is 3.37. The van der Waals surface area contributed by atoms with Gasteiger partial charge in [-0.3, -0.25) is 0 Å². The minimum Gasteiger partial charge on any atom is -0.381 e. The van der Waals surface area contributed by atoms with Gasteiger partial charge < -0.3 is 19.7 Å². The molecule has 2 unspecified atom stereocenters. The predicted octanol–water partition coefficient (Wildman–Crippen LogP) is 1.50. The van der Waals surface area contributed by atoms with E-state index in [1.807, 2.05) is 0 Å². The smallest absolute Gasteiger partial charge is 0.0702 e.